The molecule has 1 aromatic carbocycles. The Balaban J connectivity index is 0.00000176. The van der Waals surface area contributed by atoms with Crippen molar-refractivity contribution in [2.75, 3.05) is 13.2 Å². The largest absolute Gasteiger partial charge is 0.381 e. The summed E-state index contributed by atoms with van der Waals surface area (Å²) < 4.78 is 5.39. The summed E-state index contributed by atoms with van der Waals surface area (Å²) in [6, 6.07) is 8.46. The molecule has 2 aliphatic rings. The smallest absolute Gasteiger partial charge is 0.237 e. The van der Waals surface area contributed by atoms with E-state index in [0.29, 0.717) is 5.92 Å². The van der Waals surface area contributed by atoms with Crippen molar-refractivity contribution in [2.45, 2.75) is 44.8 Å². The van der Waals surface area contributed by atoms with Gasteiger partial charge in [0.1, 0.15) is 0 Å². The normalized spacial score (nSPS) is 23.0. The highest BCUT2D eigenvalue weighted by molar-refractivity contribution is 5.85. The van der Waals surface area contributed by atoms with Crippen LogP contribution >= 0.6 is 12.4 Å². The van der Waals surface area contributed by atoms with Crippen LogP contribution in [-0.4, -0.2) is 31.2 Å². The van der Waals surface area contributed by atoms with Crippen molar-refractivity contribution >= 4 is 18.3 Å². The summed E-state index contributed by atoms with van der Waals surface area (Å²) in [4.78, 5) is 12.5. The van der Waals surface area contributed by atoms with E-state index in [2.05, 4.69) is 29.7 Å². The third kappa shape index (κ3) is 4.00. The minimum absolute atomic E-state index is 0. The van der Waals surface area contributed by atoms with Crippen molar-refractivity contribution in [3.8, 4) is 0 Å². The van der Waals surface area contributed by atoms with Gasteiger partial charge in [0.15, 0.2) is 0 Å². The summed E-state index contributed by atoms with van der Waals surface area (Å²) in [5, 5.41) is 6.54. The van der Waals surface area contributed by atoms with Crippen molar-refractivity contribution in [2.24, 2.45) is 5.92 Å². The molecule has 1 aromatic rings. The molecule has 5 heteroatoms. The third-order valence-corrected chi connectivity index (χ3v) is 4.74. The van der Waals surface area contributed by atoms with Gasteiger partial charge in [-0.3, -0.25) is 4.79 Å². The minimum Gasteiger partial charge on any atom is -0.381 e. The molecule has 122 valence electrons. The van der Waals surface area contributed by atoms with E-state index in [9.17, 15) is 4.79 Å². The molecule has 2 aliphatic heterocycles. The Morgan fingerprint density at radius 3 is 2.68 bits per heavy atom. The van der Waals surface area contributed by atoms with Crippen LogP contribution in [0.1, 0.15) is 30.9 Å². The third-order valence-electron chi connectivity index (χ3n) is 4.74. The Labute approximate surface area is 138 Å². The molecule has 1 fully saturated rings. The van der Waals surface area contributed by atoms with Gasteiger partial charge < -0.3 is 15.4 Å². The number of halogens is 1. The molecule has 2 unspecified atom stereocenters. The summed E-state index contributed by atoms with van der Waals surface area (Å²) in [7, 11) is 0. The SMILES string of the molecule is CC(NC(=O)C1Cc2ccccc2CN1)C1CCOCC1.Cl. The number of fused-ring (bicyclic) bond motifs is 1. The second-order valence-corrected chi connectivity index (χ2v) is 6.15. The van der Waals surface area contributed by atoms with E-state index >= 15 is 0 Å². The lowest BCUT2D eigenvalue weighted by Gasteiger charge is -2.31. The van der Waals surface area contributed by atoms with Crippen molar-refractivity contribution < 1.29 is 9.53 Å². The molecule has 2 atom stereocenters. The number of nitrogens with one attached hydrogen (secondary N) is 2. The fourth-order valence-electron chi connectivity index (χ4n) is 3.30. The van der Waals surface area contributed by atoms with Gasteiger partial charge in [0.25, 0.3) is 0 Å². The van der Waals surface area contributed by atoms with Crippen LogP contribution in [-0.2, 0) is 22.5 Å². The van der Waals surface area contributed by atoms with Crippen LogP contribution in [0.2, 0.25) is 0 Å². The lowest BCUT2D eigenvalue weighted by atomic mass is 9.91. The van der Waals surface area contributed by atoms with Crippen LogP contribution in [0, 0.1) is 5.92 Å². The summed E-state index contributed by atoms with van der Waals surface area (Å²) >= 11 is 0. The maximum Gasteiger partial charge on any atom is 0.237 e. The van der Waals surface area contributed by atoms with Crippen molar-refractivity contribution in [3.05, 3.63) is 35.4 Å². The van der Waals surface area contributed by atoms with E-state index in [4.69, 9.17) is 4.74 Å². The first-order valence-corrected chi connectivity index (χ1v) is 7.92. The van der Waals surface area contributed by atoms with Crippen LogP contribution in [0.25, 0.3) is 0 Å². The second-order valence-electron chi connectivity index (χ2n) is 6.15. The van der Waals surface area contributed by atoms with Gasteiger partial charge in [-0.05, 0) is 43.2 Å². The van der Waals surface area contributed by atoms with Crippen molar-refractivity contribution in [1.82, 2.24) is 10.6 Å². The number of ether oxygens (including phenoxy) is 1. The molecule has 0 saturated carbocycles. The van der Waals surface area contributed by atoms with Gasteiger partial charge in [0.2, 0.25) is 5.91 Å². The zero-order valence-electron chi connectivity index (χ0n) is 13.0. The van der Waals surface area contributed by atoms with E-state index < -0.39 is 0 Å². The summed E-state index contributed by atoms with van der Waals surface area (Å²) in [6.45, 7) is 4.53. The van der Waals surface area contributed by atoms with E-state index in [1.165, 1.54) is 11.1 Å². The summed E-state index contributed by atoms with van der Waals surface area (Å²) in [5.74, 6) is 0.669. The summed E-state index contributed by atoms with van der Waals surface area (Å²) in [5.41, 5.74) is 2.59. The molecule has 22 heavy (non-hydrogen) atoms. The zero-order chi connectivity index (χ0) is 14.7. The Bertz CT molecular complexity index is 503. The zero-order valence-corrected chi connectivity index (χ0v) is 13.8. The molecule has 0 aliphatic carbocycles. The fourth-order valence-corrected chi connectivity index (χ4v) is 3.30. The number of rotatable bonds is 3. The average Bonchev–Trinajstić information content (AvgIpc) is 2.55. The molecule has 1 amide bonds. The summed E-state index contributed by atoms with van der Waals surface area (Å²) in [6.07, 6.45) is 2.87. The highest BCUT2D eigenvalue weighted by atomic mass is 35.5. The minimum atomic E-state index is -0.109. The lowest BCUT2D eigenvalue weighted by molar-refractivity contribution is -0.124. The van der Waals surface area contributed by atoms with E-state index in [0.717, 1.165) is 39.0 Å². The van der Waals surface area contributed by atoms with E-state index in [1.54, 1.807) is 0 Å². The van der Waals surface area contributed by atoms with Crippen molar-refractivity contribution in [1.29, 1.82) is 0 Å². The first-order chi connectivity index (χ1) is 10.2. The average molecular weight is 325 g/mol. The van der Waals surface area contributed by atoms with Crippen LogP contribution in [0.5, 0.6) is 0 Å². The molecule has 4 nitrogen and oxygen atoms in total. The maximum atomic E-state index is 12.5. The number of hydrogen-bond acceptors (Lipinski definition) is 3. The van der Waals surface area contributed by atoms with Crippen LogP contribution < -0.4 is 10.6 Å². The molecule has 0 spiro atoms. The molecular formula is C17H25ClN2O2. The highest BCUT2D eigenvalue weighted by Gasteiger charge is 2.27. The Hall–Kier alpha value is -1.10. The monoisotopic (exact) mass is 324 g/mol. The van der Waals surface area contributed by atoms with Gasteiger partial charge in [0.05, 0.1) is 6.04 Å². The van der Waals surface area contributed by atoms with E-state index in [-0.39, 0.29) is 30.4 Å². The predicted octanol–water partition coefficient (Wildman–Crippen LogP) is 2.05. The number of amides is 1. The van der Waals surface area contributed by atoms with Crippen LogP contribution in [0.15, 0.2) is 24.3 Å². The fraction of sp³-hybridized carbons (Fsp3) is 0.588. The number of hydrogen-bond donors (Lipinski definition) is 2. The maximum absolute atomic E-state index is 12.5. The highest BCUT2D eigenvalue weighted by Crippen LogP contribution is 2.20. The van der Waals surface area contributed by atoms with E-state index in [1.807, 2.05) is 12.1 Å². The molecule has 0 radical (unpaired) electrons. The molecule has 3 rings (SSSR count). The van der Waals surface area contributed by atoms with Gasteiger partial charge in [-0.15, -0.1) is 12.4 Å². The van der Waals surface area contributed by atoms with Gasteiger partial charge in [-0.2, -0.15) is 0 Å². The Morgan fingerprint density at radius 1 is 1.27 bits per heavy atom. The number of benzene rings is 1. The molecule has 2 N–H and O–H groups in total. The Kier molecular flexibility index (Phi) is 6.24. The number of carbonyl (C=O) groups excluding carboxylic acids is 1. The van der Waals surface area contributed by atoms with Gasteiger partial charge in [-0.25, -0.2) is 0 Å². The lowest BCUT2D eigenvalue weighted by Crippen LogP contribution is -2.51. The molecular weight excluding hydrogens is 300 g/mol. The van der Waals surface area contributed by atoms with Crippen molar-refractivity contribution in [3.63, 3.8) is 0 Å². The first kappa shape index (κ1) is 17.3. The topological polar surface area (TPSA) is 50.4 Å². The molecule has 2 heterocycles. The first-order valence-electron chi connectivity index (χ1n) is 7.92. The van der Waals surface area contributed by atoms with Crippen LogP contribution in [0.3, 0.4) is 0 Å². The van der Waals surface area contributed by atoms with Crippen LogP contribution in [0.4, 0.5) is 0 Å². The van der Waals surface area contributed by atoms with Gasteiger partial charge in [-0.1, -0.05) is 24.3 Å². The molecule has 0 bridgehead atoms. The quantitative estimate of drug-likeness (QED) is 0.894. The number of carbonyl (C=O) groups is 1. The standard InChI is InChI=1S/C17H24N2O2.ClH/c1-12(13-6-8-21-9-7-13)19-17(20)16-10-14-4-2-3-5-15(14)11-18-16;/h2-5,12-13,16,18H,6-11H2,1H3,(H,19,20);1H. The predicted molar refractivity (Wildman–Crippen MR) is 89.2 cm³/mol. The second kappa shape index (κ2) is 7.95. The van der Waals surface area contributed by atoms with Gasteiger partial charge >= 0.3 is 0 Å². The molecule has 0 aromatic heterocycles. The van der Waals surface area contributed by atoms with Gasteiger partial charge in [0, 0.05) is 25.8 Å². The Morgan fingerprint density at radius 2 is 1.95 bits per heavy atom. The molecule has 1 saturated heterocycles.